The van der Waals surface area contributed by atoms with Gasteiger partial charge in [0.05, 0.1) is 18.7 Å². The summed E-state index contributed by atoms with van der Waals surface area (Å²) in [6, 6.07) is 7.65. The second kappa shape index (κ2) is 5.63. The number of carbonyl (C=O) groups excluding carboxylic acids is 1. The molecule has 0 N–H and O–H groups in total. The molecule has 0 spiro atoms. The van der Waals surface area contributed by atoms with Gasteiger partial charge in [0.1, 0.15) is 0 Å². The number of nitrogens with zero attached hydrogens (tertiary/aromatic N) is 4. The monoisotopic (exact) mass is 290 g/mol. The lowest BCUT2D eigenvalue weighted by Crippen LogP contribution is -2.30. The summed E-state index contributed by atoms with van der Waals surface area (Å²) in [5.74, 6) is 0.148. The van der Waals surface area contributed by atoms with Crippen molar-refractivity contribution in [2.24, 2.45) is 0 Å². The van der Waals surface area contributed by atoms with E-state index in [4.69, 9.17) is 11.6 Å². The van der Waals surface area contributed by atoms with Crippen LogP contribution in [0.2, 0.25) is 5.02 Å². The Kier molecular flexibility index (Phi) is 3.69. The van der Waals surface area contributed by atoms with Crippen molar-refractivity contribution in [3.63, 3.8) is 0 Å². The summed E-state index contributed by atoms with van der Waals surface area (Å²) in [7, 11) is 0. The van der Waals surface area contributed by atoms with Crippen molar-refractivity contribution < 1.29 is 4.79 Å². The number of hydrogen-bond donors (Lipinski definition) is 0. The van der Waals surface area contributed by atoms with Crippen molar-refractivity contribution in [1.29, 1.82) is 0 Å². The quantitative estimate of drug-likeness (QED) is 0.868. The molecule has 0 bridgehead atoms. The van der Waals surface area contributed by atoms with Crippen molar-refractivity contribution >= 4 is 17.5 Å². The normalized spacial score (nSPS) is 18.4. The summed E-state index contributed by atoms with van der Waals surface area (Å²) < 4.78 is 1.83. The van der Waals surface area contributed by atoms with Gasteiger partial charge in [-0.05, 0) is 24.1 Å². The van der Waals surface area contributed by atoms with Gasteiger partial charge in [-0.1, -0.05) is 28.9 Å². The van der Waals surface area contributed by atoms with Crippen molar-refractivity contribution in [3.8, 4) is 0 Å². The van der Waals surface area contributed by atoms with Gasteiger partial charge in [0.2, 0.25) is 5.91 Å². The highest BCUT2D eigenvalue weighted by molar-refractivity contribution is 6.30. The maximum Gasteiger partial charge on any atom is 0.227 e. The molecule has 2 heterocycles. The minimum Gasteiger partial charge on any atom is -0.340 e. The third-order valence-electron chi connectivity index (χ3n) is 3.60. The van der Waals surface area contributed by atoms with Gasteiger partial charge in [-0.15, -0.1) is 5.10 Å². The Morgan fingerprint density at radius 2 is 2.15 bits per heavy atom. The molecule has 0 aliphatic carbocycles. The van der Waals surface area contributed by atoms with E-state index in [0.29, 0.717) is 18.0 Å². The maximum absolute atomic E-state index is 12.3. The first-order valence-corrected chi connectivity index (χ1v) is 6.98. The Morgan fingerprint density at radius 3 is 2.85 bits per heavy atom. The molecule has 1 saturated heterocycles. The molecule has 1 aromatic carbocycles. The van der Waals surface area contributed by atoms with Crippen LogP contribution in [0.25, 0.3) is 0 Å². The predicted molar refractivity (Wildman–Crippen MR) is 75.4 cm³/mol. The molecular weight excluding hydrogens is 276 g/mol. The number of benzene rings is 1. The number of likely N-dealkylation sites (tertiary alicyclic amines) is 1. The van der Waals surface area contributed by atoms with E-state index >= 15 is 0 Å². The molecule has 0 saturated carbocycles. The Hall–Kier alpha value is -1.88. The molecule has 1 aliphatic rings. The van der Waals surface area contributed by atoms with Crippen LogP contribution < -0.4 is 0 Å². The van der Waals surface area contributed by atoms with Crippen molar-refractivity contribution in [2.45, 2.75) is 18.9 Å². The molecule has 20 heavy (non-hydrogen) atoms. The van der Waals surface area contributed by atoms with E-state index in [1.807, 2.05) is 40.0 Å². The predicted octanol–water partition coefficient (Wildman–Crippen LogP) is 1.95. The molecule has 0 radical (unpaired) electrons. The van der Waals surface area contributed by atoms with E-state index < -0.39 is 0 Å². The van der Waals surface area contributed by atoms with Gasteiger partial charge in [-0.25, -0.2) is 4.68 Å². The highest BCUT2D eigenvalue weighted by Gasteiger charge is 2.27. The second-order valence-corrected chi connectivity index (χ2v) is 5.40. The van der Waals surface area contributed by atoms with Gasteiger partial charge in [0, 0.05) is 24.3 Å². The van der Waals surface area contributed by atoms with Crippen molar-refractivity contribution in [1.82, 2.24) is 19.9 Å². The summed E-state index contributed by atoms with van der Waals surface area (Å²) in [6.07, 6.45) is 4.85. The molecule has 1 atom stereocenters. The van der Waals surface area contributed by atoms with E-state index in [9.17, 15) is 4.79 Å². The molecule has 1 fully saturated rings. The SMILES string of the molecule is O=C(Cc1ccc(Cl)cc1)N1CCC(n2ccnn2)C1. The summed E-state index contributed by atoms with van der Waals surface area (Å²) in [6.45, 7) is 1.48. The molecule has 1 amide bonds. The zero-order valence-electron chi connectivity index (χ0n) is 10.9. The Balaban J connectivity index is 1.60. The maximum atomic E-state index is 12.3. The summed E-state index contributed by atoms with van der Waals surface area (Å²) >= 11 is 5.84. The highest BCUT2D eigenvalue weighted by Crippen LogP contribution is 2.21. The van der Waals surface area contributed by atoms with Crippen molar-refractivity contribution in [3.05, 3.63) is 47.2 Å². The smallest absolute Gasteiger partial charge is 0.227 e. The largest absolute Gasteiger partial charge is 0.340 e. The number of rotatable bonds is 3. The van der Waals surface area contributed by atoms with Crippen LogP contribution >= 0.6 is 11.6 Å². The summed E-state index contributed by atoms with van der Waals surface area (Å²) in [5.41, 5.74) is 0.989. The third kappa shape index (κ3) is 2.82. The number of aromatic nitrogens is 3. The zero-order valence-corrected chi connectivity index (χ0v) is 11.7. The van der Waals surface area contributed by atoms with Crippen LogP contribution in [0.4, 0.5) is 0 Å². The summed E-state index contributed by atoms with van der Waals surface area (Å²) in [5, 5.41) is 8.50. The molecule has 6 heteroatoms. The van der Waals surface area contributed by atoms with Gasteiger partial charge in [0.15, 0.2) is 0 Å². The van der Waals surface area contributed by atoms with Crippen LogP contribution in [-0.4, -0.2) is 38.9 Å². The highest BCUT2D eigenvalue weighted by atomic mass is 35.5. The first-order valence-electron chi connectivity index (χ1n) is 6.60. The second-order valence-electron chi connectivity index (χ2n) is 4.97. The molecule has 3 rings (SSSR count). The van der Waals surface area contributed by atoms with Crippen LogP contribution in [0.15, 0.2) is 36.7 Å². The lowest BCUT2D eigenvalue weighted by molar-refractivity contribution is -0.129. The van der Waals surface area contributed by atoms with Gasteiger partial charge in [0.25, 0.3) is 0 Å². The fourth-order valence-corrected chi connectivity index (χ4v) is 2.61. The Labute approximate surface area is 122 Å². The van der Waals surface area contributed by atoms with Crippen LogP contribution in [0.1, 0.15) is 18.0 Å². The Bertz CT molecular complexity index is 582. The molecular formula is C14H15ClN4O. The van der Waals surface area contributed by atoms with Gasteiger partial charge < -0.3 is 4.90 Å². The number of amides is 1. The van der Waals surface area contributed by atoms with Crippen molar-refractivity contribution in [2.75, 3.05) is 13.1 Å². The third-order valence-corrected chi connectivity index (χ3v) is 3.85. The van der Waals surface area contributed by atoms with E-state index in [1.54, 1.807) is 6.20 Å². The van der Waals surface area contributed by atoms with E-state index in [2.05, 4.69) is 10.3 Å². The van der Waals surface area contributed by atoms with Crippen LogP contribution in [0.3, 0.4) is 0 Å². The lowest BCUT2D eigenvalue weighted by atomic mass is 10.1. The molecule has 1 unspecified atom stereocenters. The average molecular weight is 291 g/mol. The van der Waals surface area contributed by atoms with E-state index in [-0.39, 0.29) is 11.9 Å². The average Bonchev–Trinajstić information content (AvgIpc) is 3.11. The van der Waals surface area contributed by atoms with Crippen LogP contribution in [-0.2, 0) is 11.2 Å². The summed E-state index contributed by atoms with van der Waals surface area (Å²) in [4.78, 5) is 14.2. The molecule has 5 nitrogen and oxygen atoms in total. The molecule has 1 aromatic heterocycles. The van der Waals surface area contributed by atoms with Gasteiger partial charge >= 0.3 is 0 Å². The fraction of sp³-hybridized carbons (Fsp3) is 0.357. The lowest BCUT2D eigenvalue weighted by Gasteiger charge is -2.16. The molecule has 1 aliphatic heterocycles. The Morgan fingerprint density at radius 1 is 1.35 bits per heavy atom. The topological polar surface area (TPSA) is 51.0 Å². The van der Waals surface area contributed by atoms with Crippen LogP contribution in [0.5, 0.6) is 0 Å². The number of hydrogen-bond acceptors (Lipinski definition) is 3. The van der Waals surface area contributed by atoms with E-state index in [0.717, 1.165) is 18.5 Å². The fourth-order valence-electron chi connectivity index (χ4n) is 2.49. The first-order chi connectivity index (χ1) is 9.72. The minimum absolute atomic E-state index is 0.148. The van der Waals surface area contributed by atoms with Crippen LogP contribution in [0, 0.1) is 0 Å². The first kappa shape index (κ1) is 13.1. The zero-order chi connectivity index (χ0) is 13.9. The van der Waals surface area contributed by atoms with Gasteiger partial charge in [-0.2, -0.15) is 0 Å². The number of halogens is 1. The number of carbonyl (C=O) groups is 1. The van der Waals surface area contributed by atoms with E-state index in [1.165, 1.54) is 0 Å². The molecule has 2 aromatic rings. The standard InChI is InChI=1S/C14H15ClN4O/c15-12-3-1-11(2-4-12)9-14(20)18-7-5-13(10-18)19-8-6-16-17-19/h1-4,6,8,13H,5,7,9-10H2. The molecule has 104 valence electrons. The van der Waals surface area contributed by atoms with Gasteiger partial charge in [-0.3, -0.25) is 4.79 Å². The minimum atomic E-state index is 0.148.